The van der Waals surface area contributed by atoms with E-state index in [4.69, 9.17) is 0 Å². The summed E-state index contributed by atoms with van der Waals surface area (Å²) in [4.78, 5) is 11.7. The fourth-order valence-electron chi connectivity index (χ4n) is 1.28. The average molecular weight is 319 g/mol. The predicted molar refractivity (Wildman–Crippen MR) is 75.0 cm³/mol. The molecule has 0 amide bonds. The summed E-state index contributed by atoms with van der Waals surface area (Å²) in [5, 5.41) is 0.480. The van der Waals surface area contributed by atoms with Crippen LogP contribution in [0, 0.1) is 5.82 Å². The van der Waals surface area contributed by atoms with Gasteiger partial charge in [0.2, 0.25) is 0 Å². The van der Waals surface area contributed by atoms with E-state index in [1.807, 2.05) is 0 Å². The summed E-state index contributed by atoms with van der Waals surface area (Å²) in [7, 11) is 0. The van der Waals surface area contributed by atoms with Gasteiger partial charge in [-0.25, -0.2) is 4.39 Å². The molecule has 0 aromatic heterocycles. The highest BCUT2D eigenvalue weighted by Crippen LogP contribution is 2.18. The molecule has 1 aromatic carbocycles. The van der Waals surface area contributed by atoms with Crippen LogP contribution in [0.1, 0.15) is 25.8 Å². The highest BCUT2D eigenvalue weighted by atomic mass is 79.9. The van der Waals surface area contributed by atoms with Gasteiger partial charge in [-0.2, -0.15) is 11.8 Å². The van der Waals surface area contributed by atoms with Gasteiger partial charge in [0.1, 0.15) is 11.6 Å². The Balaban J connectivity index is 2.50. The molecular weight excluding hydrogens is 303 g/mol. The van der Waals surface area contributed by atoms with Crippen LogP contribution in [0.2, 0.25) is 0 Å². The molecule has 1 nitrogen and oxygen atoms in total. The van der Waals surface area contributed by atoms with Gasteiger partial charge in [-0.15, -0.1) is 0 Å². The number of carbonyl (C=O) groups excluding carboxylic acids is 1. The summed E-state index contributed by atoms with van der Waals surface area (Å²) in [5.74, 6) is 0.225. The van der Waals surface area contributed by atoms with E-state index in [0.717, 1.165) is 6.42 Å². The smallest absolute Gasteiger partial charge is 0.147 e. The van der Waals surface area contributed by atoms with E-state index in [1.165, 1.54) is 6.07 Å². The molecule has 0 spiro atoms. The van der Waals surface area contributed by atoms with Crippen LogP contribution in [0.3, 0.4) is 0 Å². The van der Waals surface area contributed by atoms with Gasteiger partial charge in [0, 0.05) is 16.1 Å². The summed E-state index contributed by atoms with van der Waals surface area (Å²) >= 11 is 4.82. The monoisotopic (exact) mass is 318 g/mol. The Hall–Kier alpha value is -0.350. The molecule has 0 aliphatic rings. The number of hydrogen-bond acceptors (Lipinski definition) is 2. The zero-order valence-corrected chi connectivity index (χ0v) is 12.4. The van der Waals surface area contributed by atoms with Gasteiger partial charge in [0.15, 0.2) is 0 Å². The van der Waals surface area contributed by atoms with Crippen molar-refractivity contribution >= 4 is 33.5 Å². The molecule has 0 aliphatic carbocycles. The lowest BCUT2D eigenvalue weighted by Crippen LogP contribution is -2.09. The van der Waals surface area contributed by atoms with E-state index >= 15 is 0 Å². The first-order valence-electron chi connectivity index (χ1n) is 5.60. The van der Waals surface area contributed by atoms with Crippen LogP contribution >= 0.6 is 27.7 Å². The van der Waals surface area contributed by atoms with E-state index in [0.29, 0.717) is 21.0 Å². The molecule has 0 saturated carbocycles. The molecule has 0 fully saturated rings. The van der Waals surface area contributed by atoms with Crippen molar-refractivity contribution in [2.45, 2.75) is 31.9 Å². The number of carbonyl (C=O) groups is 1. The molecule has 0 radical (unpaired) electrons. The minimum Gasteiger partial charge on any atom is -0.298 e. The predicted octanol–water partition coefficient (Wildman–Crippen LogP) is 4.23. The van der Waals surface area contributed by atoms with E-state index in [-0.39, 0.29) is 18.0 Å². The summed E-state index contributed by atoms with van der Waals surface area (Å²) in [6.45, 7) is 4.19. The van der Waals surface area contributed by atoms with Gasteiger partial charge in [0.25, 0.3) is 0 Å². The molecule has 1 unspecified atom stereocenters. The zero-order chi connectivity index (χ0) is 12.8. The number of thioether (sulfide) groups is 1. The SMILES string of the molecule is CCC(C)SCC(=O)Cc1ccc(Br)cc1F. The number of Topliss-reactive ketones (excluding diaryl/α,β-unsaturated/α-hetero) is 1. The molecule has 4 heteroatoms. The Morgan fingerprint density at radius 1 is 1.53 bits per heavy atom. The lowest BCUT2D eigenvalue weighted by Gasteiger charge is -2.07. The second-order valence-corrected chi connectivity index (χ2v) is 6.32. The fraction of sp³-hybridized carbons (Fsp3) is 0.462. The van der Waals surface area contributed by atoms with Crippen molar-refractivity contribution in [1.29, 1.82) is 0 Å². The van der Waals surface area contributed by atoms with Crippen molar-refractivity contribution in [2.24, 2.45) is 0 Å². The van der Waals surface area contributed by atoms with Crippen LogP contribution in [0.4, 0.5) is 4.39 Å². The molecule has 0 saturated heterocycles. The molecule has 1 aromatic rings. The highest BCUT2D eigenvalue weighted by Gasteiger charge is 2.10. The minimum absolute atomic E-state index is 0.0801. The number of benzene rings is 1. The third kappa shape index (κ3) is 5.21. The number of ketones is 1. The Morgan fingerprint density at radius 3 is 2.82 bits per heavy atom. The number of halogens is 2. The van der Waals surface area contributed by atoms with Crippen LogP contribution in [0.15, 0.2) is 22.7 Å². The van der Waals surface area contributed by atoms with E-state index in [2.05, 4.69) is 29.8 Å². The Morgan fingerprint density at radius 2 is 2.24 bits per heavy atom. The fourth-order valence-corrected chi connectivity index (χ4v) is 2.42. The topological polar surface area (TPSA) is 17.1 Å². The zero-order valence-electron chi connectivity index (χ0n) is 10.0. The molecule has 0 aliphatic heterocycles. The molecule has 1 rings (SSSR count). The molecule has 94 valence electrons. The third-order valence-corrected chi connectivity index (χ3v) is 4.39. The molecule has 1 atom stereocenters. The second kappa shape index (κ2) is 7.17. The second-order valence-electron chi connectivity index (χ2n) is 3.98. The van der Waals surface area contributed by atoms with Gasteiger partial charge < -0.3 is 0 Å². The van der Waals surface area contributed by atoms with E-state index < -0.39 is 0 Å². The van der Waals surface area contributed by atoms with Crippen molar-refractivity contribution < 1.29 is 9.18 Å². The molecule has 0 N–H and O–H groups in total. The molecule has 0 heterocycles. The van der Waals surface area contributed by atoms with Crippen molar-refractivity contribution in [2.75, 3.05) is 5.75 Å². The first-order chi connectivity index (χ1) is 8.02. The minimum atomic E-state index is -0.318. The van der Waals surface area contributed by atoms with E-state index in [1.54, 1.807) is 23.9 Å². The lowest BCUT2D eigenvalue weighted by atomic mass is 10.1. The van der Waals surface area contributed by atoms with Gasteiger partial charge >= 0.3 is 0 Å². The highest BCUT2D eigenvalue weighted by molar-refractivity contribution is 9.10. The Kier molecular flexibility index (Phi) is 6.20. The largest absolute Gasteiger partial charge is 0.298 e. The van der Waals surface area contributed by atoms with Crippen molar-refractivity contribution in [1.82, 2.24) is 0 Å². The third-order valence-electron chi connectivity index (χ3n) is 2.51. The molecule has 17 heavy (non-hydrogen) atoms. The van der Waals surface area contributed by atoms with E-state index in [9.17, 15) is 9.18 Å². The maximum atomic E-state index is 13.5. The van der Waals surface area contributed by atoms with Crippen molar-refractivity contribution in [3.63, 3.8) is 0 Å². The Labute approximate surface area is 114 Å². The summed E-state index contributed by atoms with van der Waals surface area (Å²) < 4.78 is 14.2. The summed E-state index contributed by atoms with van der Waals surface area (Å²) in [5.41, 5.74) is 0.475. The quantitative estimate of drug-likeness (QED) is 0.780. The Bertz CT molecular complexity index is 395. The van der Waals surface area contributed by atoms with Crippen molar-refractivity contribution in [3.8, 4) is 0 Å². The van der Waals surface area contributed by atoms with Gasteiger partial charge in [-0.3, -0.25) is 4.79 Å². The average Bonchev–Trinajstić information content (AvgIpc) is 2.29. The number of hydrogen-bond donors (Lipinski definition) is 0. The van der Waals surface area contributed by atoms with Crippen LogP contribution < -0.4 is 0 Å². The standard InChI is InChI=1S/C13H16BrFOS/c1-3-9(2)17-8-12(16)6-10-4-5-11(14)7-13(10)15/h4-5,7,9H,3,6,8H2,1-2H3. The van der Waals surface area contributed by atoms with Gasteiger partial charge in [0.05, 0.1) is 5.75 Å². The molecular formula is C13H16BrFOS. The maximum absolute atomic E-state index is 13.5. The van der Waals surface area contributed by atoms with Crippen LogP contribution in [-0.2, 0) is 11.2 Å². The van der Waals surface area contributed by atoms with Crippen LogP contribution in [0.5, 0.6) is 0 Å². The van der Waals surface area contributed by atoms with Crippen LogP contribution in [0.25, 0.3) is 0 Å². The van der Waals surface area contributed by atoms with Crippen molar-refractivity contribution in [3.05, 3.63) is 34.1 Å². The first kappa shape index (κ1) is 14.7. The normalized spacial score (nSPS) is 12.5. The van der Waals surface area contributed by atoms with Gasteiger partial charge in [-0.05, 0) is 24.1 Å². The van der Waals surface area contributed by atoms with Crippen LogP contribution in [-0.4, -0.2) is 16.8 Å². The number of rotatable bonds is 6. The molecule has 0 bridgehead atoms. The van der Waals surface area contributed by atoms with Gasteiger partial charge in [-0.1, -0.05) is 35.8 Å². The summed E-state index contributed by atoms with van der Waals surface area (Å²) in [6, 6.07) is 4.81. The maximum Gasteiger partial charge on any atom is 0.147 e. The summed E-state index contributed by atoms with van der Waals surface area (Å²) in [6.07, 6.45) is 1.23. The first-order valence-corrected chi connectivity index (χ1v) is 7.44. The lowest BCUT2D eigenvalue weighted by molar-refractivity contribution is -0.116.